The summed E-state index contributed by atoms with van der Waals surface area (Å²) >= 11 is 0. The van der Waals surface area contributed by atoms with E-state index in [0.29, 0.717) is 12.0 Å². The Balaban J connectivity index is 2.28. The molecule has 98 valence electrons. The first-order valence-electron chi connectivity index (χ1n) is 6.32. The van der Waals surface area contributed by atoms with Crippen molar-refractivity contribution in [2.75, 3.05) is 0 Å². The summed E-state index contributed by atoms with van der Waals surface area (Å²) in [4.78, 5) is 4.44. The van der Waals surface area contributed by atoms with Crippen LogP contribution in [0.25, 0.3) is 11.1 Å². The largest absolute Gasteiger partial charge is 0.317 e. The van der Waals surface area contributed by atoms with E-state index in [1.807, 2.05) is 25.3 Å². The van der Waals surface area contributed by atoms with Gasteiger partial charge in [-0.25, -0.2) is 0 Å². The molecule has 3 nitrogen and oxygen atoms in total. The number of nitriles is 1. The van der Waals surface area contributed by atoms with Crippen LogP contribution < -0.4 is 5.73 Å². The smallest absolute Gasteiger partial charge is 0.0991 e. The Morgan fingerprint density at radius 2 is 2.00 bits per heavy atom. The molecule has 20 heavy (non-hydrogen) atoms. The van der Waals surface area contributed by atoms with Gasteiger partial charge < -0.3 is 5.73 Å². The molecule has 0 fully saturated rings. The summed E-state index contributed by atoms with van der Waals surface area (Å²) in [5, 5.41) is 8.80. The van der Waals surface area contributed by atoms with Gasteiger partial charge in [-0.3, -0.25) is 4.98 Å². The van der Waals surface area contributed by atoms with Gasteiger partial charge in [0.2, 0.25) is 0 Å². The van der Waals surface area contributed by atoms with Gasteiger partial charge >= 0.3 is 0 Å². The van der Waals surface area contributed by atoms with Crippen molar-refractivity contribution in [3.8, 4) is 29.5 Å². The number of pyridine rings is 1. The normalized spacial score (nSPS) is 11.4. The van der Waals surface area contributed by atoms with E-state index in [1.54, 1.807) is 12.1 Å². The summed E-state index contributed by atoms with van der Waals surface area (Å²) < 4.78 is 0. The van der Waals surface area contributed by atoms with Crippen LogP contribution in [0.3, 0.4) is 0 Å². The summed E-state index contributed by atoms with van der Waals surface area (Å²) in [6, 6.07) is 11.3. The molecular weight excluding hydrogens is 246 g/mol. The summed E-state index contributed by atoms with van der Waals surface area (Å²) in [5.74, 6) is 2.51. The van der Waals surface area contributed by atoms with Crippen molar-refractivity contribution in [1.82, 2.24) is 4.98 Å². The first-order chi connectivity index (χ1) is 9.63. The number of nitrogens with two attached hydrogens (primary N) is 1. The standard InChI is InChI=1S/C17H15N3/c1-3-16(19)9-17-12(2)8-15(11-20-17)14-6-4-13(10-18)5-7-14/h1,4-8,11,16H,9,19H2,2H3. The average molecular weight is 261 g/mol. The van der Waals surface area contributed by atoms with Gasteiger partial charge in [-0.2, -0.15) is 5.26 Å². The lowest BCUT2D eigenvalue weighted by molar-refractivity contribution is 0.804. The van der Waals surface area contributed by atoms with Crippen LogP contribution in [0.4, 0.5) is 0 Å². The first kappa shape index (κ1) is 13.8. The molecule has 2 rings (SSSR count). The third kappa shape index (κ3) is 3.03. The first-order valence-corrected chi connectivity index (χ1v) is 6.32. The van der Waals surface area contributed by atoms with Crippen molar-refractivity contribution in [2.24, 2.45) is 5.73 Å². The molecule has 1 unspecified atom stereocenters. The molecule has 0 saturated carbocycles. The molecular formula is C17H15N3. The van der Waals surface area contributed by atoms with E-state index in [9.17, 15) is 0 Å². The Hall–Kier alpha value is -2.62. The SMILES string of the molecule is C#CC(N)Cc1ncc(-c2ccc(C#N)cc2)cc1C. The van der Waals surface area contributed by atoms with Gasteiger partial charge in [0.1, 0.15) is 0 Å². The van der Waals surface area contributed by atoms with E-state index in [0.717, 1.165) is 22.4 Å². The molecule has 3 heteroatoms. The highest BCUT2D eigenvalue weighted by atomic mass is 14.7. The van der Waals surface area contributed by atoms with E-state index in [1.165, 1.54) is 0 Å². The fourth-order valence-corrected chi connectivity index (χ4v) is 1.98. The maximum atomic E-state index is 8.80. The highest BCUT2D eigenvalue weighted by Gasteiger charge is 2.07. The summed E-state index contributed by atoms with van der Waals surface area (Å²) in [7, 11) is 0. The molecule has 0 radical (unpaired) electrons. The van der Waals surface area contributed by atoms with Crippen LogP contribution in [0.5, 0.6) is 0 Å². The lowest BCUT2D eigenvalue weighted by Gasteiger charge is -2.09. The van der Waals surface area contributed by atoms with E-state index in [4.69, 9.17) is 17.4 Å². The molecule has 0 amide bonds. The van der Waals surface area contributed by atoms with Crippen molar-refractivity contribution in [2.45, 2.75) is 19.4 Å². The second-order valence-corrected chi connectivity index (χ2v) is 4.65. The summed E-state index contributed by atoms with van der Waals surface area (Å²) in [6.07, 6.45) is 7.68. The van der Waals surface area contributed by atoms with Crippen LogP contribution >= 0.6 is 0 Å². The Bertz CT molecular complexity index is 688. The van der Waals surface area contributed by atoms with Gasteiger partial charge in [-0.05, 0) is 36.2 Å². The molecule has 2 N–H and O–H groups in total. The third-order valence-electron chi connectivity index (χ3n) is 3.16. The van der Waals surface area contributed by atoms with Crippen molar-refractivity contribution >= 4 is 0 Å². The Labute approximate surface area is 119 Å². The van der Waals surface area contributed by atoms with Gasteiger partial charge in [0, 0.05) is 23.9 Å². The zero-order valence-electron chi connectivity index (χ0n) is 11.3. The lowest BCUT2D eigenvalue weighted by Crippen LogP contribution is -2.21. The third-order valence-corrected chi connectivity index (χ3v) is 3.16. The topological polar surface area (TPSA) is 62.7 Å². The Kier molecular flexibility index (Phi) is 4.15. The lowest BCUT2D eigenvalue weighted by atomic mass is 10.0. The maximum Gasteiger partial charge on any atom is 0.0991 e. The van der Waals surface area contributed by atoms with Gasteiger partial charge in [0.05, 0.1) is 17.7 Å². The van der Waals surface area contributed by atoms with Gasteiger partial charge in [0.15, 0.2) is 0 Å². The number of hydrogen-bond acceptors (Lipinski definition) is 3. The monoisotopic (exact) mass is 261 g/mol. The van der Waals surface area contributed by atoms with Crippen LogP contribution in [0, 0.1) is 30.6 Å². The molecule has 1 heterocycles. The van der Waals surface area contributed by atoms with Crippen LogP contribution in [-0.2, 0) is 6.42 Å². The Morgan fingerprint density at radius 3 is 2.55 bits per heavy atom. The minimum Gasteiger partial charge on any atom is -0.317 e. The van der Waals surface area contributed by atoms with Gasteiger partial charge in [0.25, 0.3) is 0 Å². The minimum atomic E-state index is -0.304. The van der Waals surface area contributed by atoms with E-state index >= 15 is 0 Å². The highest BCUT2D eigenvalue weighted by Crippen LogP contribution is 2.21. The van der Waals surface area contributed by atoms with Crippen molar-refractivity contribution in [1.29, 1.82) is 5.26 Å². The molecule has 0 bridgehead atoms. The number of aromatic nitrogens is 1. The second-order valence-electron chi connectivity index (χ2n) is 4.65. The molecule has 0 aliphatic carbocycles. The fraction of sp³-hybridized carbons (Fsp3) is 0.176. The predicted molar refractivity (Wildman–Crippen MR) is 79.6 cm³/mol. The highest BCUT2D eigenvalue weighted by molar-refractivity contribution is 5.64. The van der Waals surface area contributed by atoms with E-state index in [2.05, 4.69) is 23.0 Å². The quantitative estimate of drug-likeness (QED) is 0.863. The van der Waals surface area contributed by atoms with Gasteiger partial charge in [-0.15, -0.1) is 6.42 Å². The fourth-order valence-electron chi connectivity index (χ4n) is 1.98. The number of benzene rings is 1. The number of rotatable bonds is 3. The molecule has 0 aliphatic rings. The predicted octanol–water partition coefficient (Wildman–Crippen LogP) is 2.43. The maximum absolute atomic E-state index is 8.80. The van der Waals surface area contributed by atoms with Crippen LogP contribution in [-0.4, -0.2) is 11.0 Å². The zero-order valence-corrected chi connectivity index (χ0v) is 11.3. The summed E-state index contributed by atoms with van der Waals surface area (Å²) in [5.41, 5.74) is 10.4. The Morgan fingerprint density at radius 1 is 1.30 bits per heavy atom. The second kappa shape index (κ2) is 6.02. The minimum absolute atomic E-state index is 0.304. The van der Waals surface area contributed by atoms with Crippen LogP contribution in [0.2, 0.25) is 0 Å². The van der Waals surface area contributed by atoms with E-state index in [-0.39, 0.29) is 6.04 Å². The molecule has 1 atom stereocenters. The zero-order chi connectivity index (χ0) is 14.5. The molecule has 2 aromatic rings. The number of nitrogens with zero attached hydrogens (tertiary/aromatic N) is 2. The molecule has 1 aromatic carbocycles. The van der Waals surface area contributed by atoms with Crippen molar-refractivity contribution < 1.29 is 0 Å². The molecule has 1 aromatic heterocycles. The molecule has 0 saturated heterocycles. The number of hydrogen-bond donors (Lipinski definition) is 1. The molecule has 0 spiro atoms. The van der Waals surface area contributed by atoms with Crippen molar-refractivity contribution in [3.63, 3.8) is 0 Å². The number of terminal acetylenes is 1. The summed E-state index contributed by atoms with van der Waals surface area (Å²) in [6.45, 7) is 2.00. The van der Waals surface area contributed by atoms with Crippen LogP contribution in [0.15, 0.2) is 36.5 Å². The molecule has 0 aliphatic heterocycles. The van der Waals surface area contributed by atoms with E-state index < -0.39 is 0 Å². The number of aryl methyl sites for hydroxylation is 1. The van der Waals surface area contributed by atoms with Crippen molar-refractivity contribution in [3.05, 3.63) is 53.3 Å². The van der Waals surface area contributed by atoms with Gasteiger partial charge in [-0.1, -0.05) is 18.1 Å². The average Bonchev–Trinajstić information content (AvgIpc) is 2.49. The van der Waals surface area contributed by atoms with Crippen LogP contribution in [0.1, 0.15) is 16.8 Å².